The molecule has 0 spiro atoms. The van der Waals surface area contributed by atoms with Crippen molar-refractivity contribution in [2.75, 3.05) is 6.54 Å². The Labute approximate surface area is 146 Å². The number of carbonyl (C=O) groups excluding carboxylic acids is 1. The van der Waals surface area contributed by atoms with Crippen molar-refractivity contribution >= 4 is 17.5 Å². The van der Waals surface area contributed by atoms with E-state index in [0.29, 0.717) is 17.3 Å². The minimum Gasteiger partial charge on any atom is -0.333 e. The molecular weight excluding hydrogens is 326 g/mol. The highest BCUT2D eigenvalue weighted by Gasteiger charge is 2.51. The standard InChI is InChI=1S/C17H22ClN5O/c1-17(2)10-23(16(24)13-12(18)9-21(3)20-13)14(17)15-19-6-7-22(15)8-11-4-5-11/h6-7,9,11,14H,4-5,8,10H2,1-3H3. The van der Waals surface area contributed by atoms with Gasteiger partial charge < -0.3 is 9.47 Å². The molecule has 1 amide bonds. The molecule has 0 bridgehead atoms. The maximum atomic E-state index is 12.9. The van der Waals surface area contributed by atoms with Gasteiger partial charge >= 0.3 is 0 Å². The molecule has 2 fully saturated rings. The van der Waals surface area contributed by atoms with Gasteiger partial charge in [0.1, 0.15) is 5.82 Å². The van der Waals surface area contributed by atoms with Crippen molar-refractivity contribution in [3.8, 4) is 0 Å². The summed E-state index contributed by atoms with van der Waals surface area (Å²) in [6.07, 6.45) is 8.10. The van der Waals surface area contributed by atoms with Crippen LogP contribution in [0.1, 0.15) is 49.0 Å². The Balaban J connectivity index is 1.64. The highest BCUT2D eigenvalue weighted by atomic mass is 35.5. The Morgan fingerprint density at radius 3 is 2.75 bits per heavy atom. The smallest absolute Gasteiger partial charge is 0.276 e. The molecule has 0 radical (unpaired) electrons. The zero-order valence-electron chi connectivity index (χ0n) is 14.2. The van der Waals surface area contributed by atoms with Gasteiger partial charge in [-0.05, 0) is 18.8 Å². The van der Waals surface area contributed by atoms with Gasteiger partial charge in [-0.25, -0.2) is 4.98 Å². The highest BCUT2D eigenvalue weighted by Crippen LogP contribution is 2.49. The number of aryl methyl sites for hydroxylation is 1. The molecule has 24 heavy (non-hydrogen) atoms. The Kier molecular flexibility index (Phi) is 3.49. The molecule has 1 aliphatic heterocycles. The van der Waals surface area contributed by atoms with E-state index in [1.165, 1.54) is 12.8 Å². The van der Waals surface area contributed by atoms with E-state index in [-0.39, 0.29) is 17.4 Å². The summed E-state index contributed by atoms with van der Waals surface area (Å²) in [6.45, 7) is 6.03. The lowest BCUT2D eigenvalue weighted by Crippen LogP contribution is -2.58. The zero-order chi connectivity index (χ0) is 17.1. The van der Waals surface area contributed by atoms with Crippen LogP contribution >= 0.6 is 11.6 Å². The van der Waals surface area contributed by atoms with Crippen LogP contribution in [-0.2, 0) is 13.6 Å². The van der Waals surface area contributed by atoms with Crippen molar-refractivity contribution in [2.24, 2.45) is 18.4 Å². The summed E-state index contributed by atoms with van der Waals surface area (Å²) in [5.41, 5.74) is 0.309. The monoisotopic (exact) mass is 347 g/mol. The number of aromatic nitrogens is 4. The molecule has 3 heterocycles. The molecule has 0 N–H and O–H groups in total. The molecule has 2 aliphatic rings. The first-order valence-corrected chi connectivity index (χ1v) is 8.76. The zero-order valence-corrected chi connectivity index (χ0v) is 15.0. The molecule has 128 valence electrons. The fourth-order valence-corrected chi connectivity index (χ4v) is 3.91. The van der Waals surface area contributed by atoms with E-state index in [2.05, 4.69) is 28.5 Å². The minimum atomic E-state index is -0.120. The second-order valence-electron chi connectivity index (χ2n) is 7.70. The van der Waals surface area contributed by atoms with Gasteiger partial charge in [-0.1, -0.05) is 25.4 Å². The number of imidazole rings is 1. The first-order valence-electron chi connectivity index (χ1n) is 8.38. The second kappa shape index (κ2) is 5.34. The second-order valence-corrected chi connectivity index (χ2v) is 8.11. The van der Waals surface area contributed by atoms with Crippen molar-refractivity contribution in [3.63, 3.8) is 0 Å². The quantitative estimate of drug-likeness (QED) is 0.854. The SMILES string of the molecule is Cn1cc(Cl)c(C(=O)N2CC(C)(C)C2c2nccn2CC2CC2)n1. The van der Waals surface area contributed by atoms with Gasteiger partial charge in [0.15, 0.2) is 5.69 Å². The first kappa shape index (κ1) is 15.7. The Hall–Kier alpha value is -1.82. The van der Waals surface area contributed by atoms with Crippen LogP contribution in [0.3, 0.4) is 0 Å². The third-order valence-corrected chi connectivity index (χ3v) is 5.30. The topological polar surface area (TPSA) is 56.0 Å². The van der Waals surface area contributed by atoms with Crippen LogP contribution in [0, 0.1) is 11.3 Å². The van der Waals surface area contributed by atoms with Crippen molar-refractivity contribution < 1.29 is 4.79 Å². The molecule has 1 unspecified atom stereocenters. The number of hydrogen-bond acceptors (Lipinski definition) is 3. The van der Waals surface area contributed by atoms with Gasteiger partial charge in [0.05, 0.1) is 11.1 Å². The van der Waals surface area contributed by atoms with Crippen LogP contribution in [0.4, 0.5) is 0 Å². The van der Waals surface area contributed by atoms with Gasteiger partial charge in [-0.15, -0.1) is 0 Å². The molecule has 2 aromatic rings. The lowest BCUT2D eigenvalue weighted by atomic mass is 9.74. The van der Waals surface area contributed by atoms with Crippen LogP contribution < -0.4 is 0 Å². The predicted molar refractivity (Wildman–Crippen MR) is 90.7 cm³/mol. The predicted octanol–water partition coefficient (Wildman–Crippen LogP) is 2.90. The molecule has 6 nitrogen and oxygen atoms in total. The maximum Gasteiger partial charge on any atom is 0.276 e. The Morgan fingerprint density at radius 1 is 1.42 bits per heavy atom. The van der Waals surface area contributed by atoms with Crippen molar-refractivity contribution in [3.05, 3.63) is 35.1 Å². The molecule has 1 saturated carbocycles. The third-order valence-electron chi connectivity index (χ3n) is 5.02. The number of nitrogens with zero attached hydrogens (tertiary/aromatic N) is 5. The fraction of sp³-hybridized carbons (Fsp3) is 0.588. The number of carbonyl (C=O) groups is 1. The average Bonchev–Trinajstić information content (AvgIpc) is 3.11. The normalized spacial score (nSPS) is 22.5. The molecule has 0 aromatic carbocycles. The molecule has 1 atom stereocenters. The number of amides is 1. The molecule has 1 aliphatic carbocycles. The summed E-state index contributed by atoms with van der Waals surface area (Å²) in [5, 5.41) is 4.62. The Bertz CT molecular complexity index is 789. The number of halogens is 1. The maximum absolute atomic E-state index is 12.9. The number of hydrogen-bond donors (Lipinski definition) is 0. The summed E-state index contributed by atoms with van der Waals surface area (Å²) in [4.78, 5) is 19.4. The van der Waals surface area contributed by atoms with E-state index < -0.39 is 0 Å². The van der Waals surface area contributed by atoms with E-state index in [9.17, 15) is 4.79 Å². The highest BCUT2D eigenvalue weighted by molar-refractivity contribution is 6.33. The summed E-state index contributed by atoms with van der Waals surface area (Å²) in [6, 6.07) is -0.0446. The van der Waals surface area contributed by atoms with E-state index in [4.69, 9.17) is 11.6 Å². The van der Waals surface area contributed by atoms with Crippen LogP contribution in [-0.4, -0.2) is 36.7 Å². The summed E-state index contributed by atoms with van der Waals surface area (Å²) >= 11 is 6.17. The summed E-state index contributed by atoms with van der Waals surface area (Å²) < 4.78 is 3.78. The van der Waals surface area contributed by atoms with Crippen molar-refractivity contribution in [1.82, 2.24) is 24.2 Å². The number of rotatable bonds is 4. The minimum absolute atomic E-state index is 0.0103. The van der Waals surface area contributed by atoms with Gasteiger partial charge in [0.2, 0.25) is 0 Å². The van der Waals surface area contributed by atoms with Crippen LogP contribution in [0.25, 0.3) is 0 Å². The van der Waals surface area contributed by atoms with Crippen LogP contribution in [0.15, 0.2) is 18.6 Å². The molecule has 2 aromatic heterocycles. The number of likely N-dealkylation sites (tertiary alicyclic amines) is 1. The largest absolute Gasteiger partial charge is 0.333 e. The van der Waals surface area contributed by atoms with E-state index in [0.717, 1.165) is 18.3 Å². The van der Waals surface area contributed by atoms with Crippen LogP contribution in [0.2, 0.25) is 5.02 Å². The van der Waals surface area contributed by atoms with Gasteiger partial charge in [0.25, 0.3) is 5.91 Å². The van der Waals surface area contributed by atoms with Gasteiger partial charge in [-0.3, -0.25) is 9.48 Å². The van der Waals surface area contributed by atoms with E-state index in [1.807, 2.05) is 17.3 Å². The lowest BCUT2D eigenvalue weighted by molar-refractivity contribution is -0.0383. The van der Waals surface area contributed by atoms with Crippen molar-refractivity contribution in [1.29, 1.82) is 0 Å². The van der Waals surface area contributed by atoms with Gasteiger partial charge in [0, 0.05) is 44.1 Å². The molecular formula is C17H22ClN5O. The van der Waals surface area contributed by atoms with Gasteiger partial charge in [-0.2, -0.15) is 5.10 Å². The van der Waals surface area contributed by atoms with E-state index in [1.54, 1.807) is 17.9 Å². The third kappa shape index (κ3) is 2.53. The average molecular weight is 348 g/mol. The van der Waals surface area contributed by atoms with Crippen LogP contribution in [0.5, 0.6) is 0 Å². The van der Waals surface area contributed by atoms with E-state index >= 15 is 0 Å². The summed E-state index contributed by atoms with van der Waals surface area (Å²) in [7, 11) is 1.77. The fourth-order valence-electron chi connectivity index (χ4n) is 3.65. The first-order chi connectivity index (χ1) is 11.4. The molecule has 7 heteroatoms. The Morgan fingerprint density at radius 2 is 2.17 bits per heavy atom. The molecule has 4 rings (SSSR count). The molecule has 1 saturated heterocycles. The lowest BCUT2D eigenvalue weighted by Gasteiger charge is -2.53. The van der Waals surface area contributed by atoms with Crippen molar-refractivity contribution in [2.45, 2.75) is 39.3 Å². The summed E-state index contributed by atoms with van der Waals surface area (Å²) in [5.74, 6) is 1.61.